The van der Waals surface area contributed by atoms with E-state index < -0.39 is 12.6 Å². The number of hydrogen-bond acceptors (Lipinski definition) is 3. The Morgan fingerprint density at radius 3 is 2.33 bits per heavy atom. The molecule has 0 aromatic rings. The Balaban J connectivity index is 0.00000529. The van der Waals surface area contributed by atoms with Gasteiger partial charge in [-0.3, -0.25) is 9.79 Å². The summed E-state index contributed by atoms with van der Waals surface area (Å²) in [6.07, 6.45) is -2.14. The van der Waals surface area contributed by atoms with Gasteiger partial charge in [0.15, 0.2) is 5.96 Å². The maximum absolute atomic E-state index is 12.2. The first kappa shape index (κ1) is 23.3. The van der Waals surface area contributed by atoms with E-state index in [9.17, 15) is 18.0 Å². The van der Waals surface area contributed by atoms with Crippen molar-refractivity contribution in [1.82, 2.24) is 10.6 Å². The van der Waals surface area contributed by atoms with E-state index in [2.05, 4.69) is 15.6 Å². The Labute approximate surface area is 158 Å². The molecule has 0 spiro atoms. The van der Waals surface area contributed by atoms with Crippen LogP contribution in [0.25, 0.3) is 0 Å². The summed E-state index contributed by atoms with van der Waals surface area (Å²) in [6, 6.07) is 0.115. The SMILES string of the molecule is CCNC(=NCCC(F)(F)F)NC1CCC(C(=O)OCC)CC1.I. The number of alkyl halides is 3. The van der Waals surface area contributed by atoms with Gasteiger partial charge in [-0.2, -0.15) is 13.2 Å². The Hall–Kier alpha value is -0.740. The number of rotatable bonds is 6. The zero-order valence-electron chi connectivity index (χ0n) is 14.1. The van der Waals surface area contributed by atoms with Gasteiger partial charge < -0.3 is 15.4 Å². The summed E-state index contributed by atoms with van der Waals surface area (Å²) in [4.78, 5) is 15.6. The highest BCUT2D eigenvalue weighted by atomic mass is 127. The average molecular weight is 465 g/mol. The fourth-order valence-electron chi connectivity index (χ4n) is 2.54. The predicted molar refractivity (Wildman–Crippen MR) is 97.6 cm³/mol. The molecule has 0 bridgehead atoms. The van der Waals surface area contributed by atoms with Gasteiger partial charge in [0.25, 0.3) is 0 Å². The minimum Gasteiger partial charge on any atom is -0.466 e. The maximum Gasteiger partial charge on any atom is 0.390 e. The van der Waals surface area contributed by atoms with Gasteiger partial charge in [0.05, 0.1) is 25.5 Å². The molecule has 0 aromatic heterocycles. The monoisotopic (exact) mass is 465 g/mol. The number of guanidine groups is 1. The van der Waals surface area contributed by atoms with Crippen molar-refractivity contribution in [2.45, 2.75) is 58.2 Å². The molecule has 1 rings (SSSR count). The van der Waals surface area contributed by atoms with Crippen molar-refractivity contribution in [3.63, 3.8) is 0 Å². The van der Waals surface area contributed by atoms with E-state index in [-0.39, 0.29) is 48.5 Å². The van der Waals surface area contributed by atoms with E-state index in [0.717, 1.165) is 25.7 Å². The molecule has 5 nitrogen and oxygen atoms in total. The Kier molecular flexibility index (Phi) is 11.4. The number of aliphatic imine (C=N–C) groups is 1. The zero-order valence-corrected chi connectivity index (χ0v) is 16.4. The predicted octanol–water partition coefficient (Wildman–Crippen LogP) is 3.23. The second-order valence-electron chi connectivity index (χ2n) is 5.57. The van der Waals surface area contributed by atoms with Crippen molar-refractivity contribution in [1.29, 1.82) is 0 Å². The number of hydrogen-bond donors (Lipinski definition) is 2. The third kappa shape index (κ3) is 9.53. The number of carbonyl (C=O) groups excluding carboxylic acids is 1. The molecule has 0 heterocycles. The second-order valence-corrected chi connectivity index (χ2v) is 5.57. The average Bonchev–Trinajstić information content (AvgIpc) is 2.47. The van der Waals surface area contributed by atoms with E-state index in [1.807, 2.05) is 6.92 Å². The van der Waals surface area contributed by atoms with Gasteiger partial charge in [-0.25, -0.2) is 0 Å². The van der Waals surface area contributed by atoms with Crippen LogP contribution in [0.4, 0.5) is 13.2 Å². The largest absolute Gasteiger partial charge is 0.466 e. The lowest BCUT2D eigenvalue weighted by molar-refractivity contribution is -0.149. The van der Waals surface area contributed by atoms with Crippen LogP contribution >= 0.6 is 24.0 Å². The lowest BCUT2D eigenvalue weighted by Gasteiger charge is -2.29. The van der Waals surface area contributed by atoms with Gasteiger partial charge in [-0.15, -0.1) is 24.0 Å². The molecular formula is C15H27F3IN3O2. The fraction of sp³-hybridized carbons (Fsp3) is 0.867. The van der Waals surface area contributed by atoms with Gasteiger partial charge in [-0.1, -0.05) is 0 Å². The van der Waals surface area contributed by atoms with Crippen LogP contribution in [0.1, 0.15) is 46.0 Å². The van der Waals surface area contributed by atoms with E-state index in [4.69, 9.17) is 4.74 Å². The van der Waals surface area contributed by atoms with Crippen LogP contribution in [0.2, 0.25) is 0 Å². The van der Waals surface area contributed by atoms with E-state index >= 15 is 0 Å². The van der Waals surface area contributed by atoms with Crippen molar-refractivity contribution in [3.8, 4) is 0 Å². The zero-order chi connectivity index (χ0) is 17.3. The molecule has 1 aliphatic carbocycles. The molecule has 0 amide bonds. The molecule has 142 valence electrons. The minimum absolute atomic E-state index is 0. The first-order valence-electron chi connectivity index (χ1n) is 8.14. The summed E-state index contributed by atoms with van der Waals surface area (Å²) in [5.41, 5.74) is 0. The summed E-state index contributed by atoms with van der Waals surface area (Å²) in [5, 5.41) is 6.10. The maximum atomic E-state index is 12.2. The van der Waals surface area contributed by atoms with Crippen molar-refractivity contribution in [3.05, 3.63) is 0 Å². The van der Waals surface area contributed by atoms with E-state index in [1.165, 1.54) is 0 Å². The molecule has 0 unspecified atom stereocenters. The number of nitrogens with zero attached hydrogens (tertiary/aromatic N) is 1. The highest BCUT2D eigenvalue weighted by Crippen LogP contribution is 2.25. The van der Waals surface area contributed by atoms with Gasteiger partial charge in [0.2, 0.25) is 0 Å². The molecule has 0 aliphatic heterocycles. The fourth-order valence-corrected chi connectivity index (χ4v) is 2.54. The van der Waals surface area contributed by atoms with Gasteiger partial charge in [0.1, 0.15) is 0 Å². The van der Waals surface area contributed by atoms with Crippen LogP contribution < -0.4 is 10.6 Å². The number of esters is 1. The molecule has 0 aromatic carbocycles. The Morgan fingerprint density at radius 2 is 1.83 bits per heavy atom. The summed E-state index contributed by atoms with van der Waals surface area (Å²) in [6.45, 7) is 4.31. The van der Waals surface area contributed by atoms with Crippen LogP contribution in [-0.4, -0.2) is 43.8 Å². The lowest BCUT2D eigenvalue weighted by atomic mass is 9.86. The quantitative estimate of drug-likeness (QED) is 0.274. The Morgan fingerprint density at radius 1 is 1.21 bits per heavy atom. The molecule has 1 fully saturated rings. The summed E-state index contributed by atoms with van der Waals surface area (Å²) >= 11 is 0. The molecule has 0 radical (unpaired) electrons. The molecule has 1 saturated carbocycles. The highest BCUT2D eigenvalue weighted by molar-refractivity contribution is 14.0. The molecule has 0 saturated heterocycles. The first-order chi connectivity index (χ1) is 10.9. The van der Waals surface area contributed by atoms with E-state index in [0.29, 0.717) is 19.1 Å². The normalized spacial score (nSPS) is 21.6. The van der Waals surface area contributed by atoms with Crippen LogP contribution in [-0.2, 0) is 9.53 Å². The third-order valence-corrected chi connectivity index (χ3v) is 3.70. The standard InChI is InChI=1S/C15H26F3N3O2.HI/c1-3-19-14(20-10-9-15(16,17)18)21-12-7-5-11(6-8-12)13(22)23-4-2;/h11-12H,3-10H2,1-2H3,(H2,19,20,21);1H. The molecule has 2 N–H and O–H groups in total. The van der Waals surface area contributed by atoms with Crippen LogP contribution in [0.3, 0.4) is 0 Å². The van der Waals surface area contributed by atoms with E-state index in [1.54, 1.807) is 6.92 Å². The van der Waals surface area contributed by atoms with Gasteiger partial charge >= 0.3 is 12.1 Å². The molecule has 9 heteroatoms. The summed E-state index contributed by atoms with van der Waals surface area (Å²) in [7, 11) is 0. The van der Waals surface area contributed by atoms with Crippen LogP contribution in [0.15, 0.2) is 4.99 Å². The van der Waals surface area contributed by atoms with Crippen LogP contribution in [0.5, 0.6) is 0 Å². The molecule has 24 heavy (non-hydrogen) atoms. The second kappa shape index (κ2) is 11.8. The van der Waals surface area contributed by atoms with Gasteiger partial charge in [0, 0.05) is 12.6 Å². The minimum atomic E-state index is -4.20. The van der Waals surface area contributed by atoms with Crippen molar-refractivity contribution < 1.29 is 22.7 Å². The number of carbonyl (C=O) groups is 1. The van der Waals surface area contributed by atoms with Crippen molar-refractivity contribution in [2.75, 3.05) is 19.7 Å². The lowest BCUT2D eigenvalue weighted by Crippen LogP contribution is -2.45. The number of halogens is 4. The van der Waals surface area contributed by atoms with Crippen LogP contribution in [0, 0.1) is 5.92 Å². The third-order valence-electron chi connectivity index (χ3n) is 3.70. The molecular weight excluding hydrogens is 438 g/mol. The Bertz CT molecular complexity index is 398. The first-order valence-corrected chi connectivity index (χ1v) is 8.14. The summed E-state index contributed by atoms with van der Waals surface area (Å²) < 4.78 is 41.6. The summed E-state index contributed by atoms with van der Waals surface area (Å²) in [5.74, 6) is 0.172. The van der Waals surface area contributed by atoms with Gasteiger partial charge in [-0.05, 0) is 39.5 Å². The molecule has 0 atom stereocenters. The van der Waals surface area contributed by atoms with Crippen molar-refractivity contribution in [2.24, 2.45) is 10.9 Å². The van der Waals surface area contributed by atoms with Crippen molar-refractivity contribution >= 4 is 35.9 Å². The highest BCUT2D eigenvalue weighted by Gasteiger charge is 2.28. The topological polar surface area (TPSA) is 62.7 Å². The number of ether oxygens (including phenoxy) is 1. The smallest absolute Gasteiger partial charge is 0.390 e. The molecule has 1 aliphatic rings. The number of nitrogens with one attached hydrogen (secondary N) is 2.